The Labute approximate surface area is 147 Å². The van der Waals surface area contributed by atoms with Gasteiger partial charge >= 0.3 is 0 Å². The van der Waals surface area contributed by atoms with Crippen LogP contribution in [0.2, 0.25) is 0 Å². The highest BCUT2D eigenvalue weighted by atomic mass is 16.5. The van der Waals surface area contributed by atoms with E-state index in [1.54, 1.807) is 6.07 Å². The van der Waals surface area contributed by atoms with Gasteiger partial charge in [0.05, 0.1) is 12.1 Å². The van der Waals surface area contributed by atoms with Crippen molar-refractivity contribution in [1.82, 2.24) is 9.47 Å². The number of piperidine rings is 1. The van der Waals surface area contributed by atoms with Crippen molar-refractivity contribution in [1.29, 1.82) is 0 Å². The number of nitrogens with zero attached hydrogens (tertiary/aromatic N) is 2. The van der Waals surface area contributed by atoms with E-state index in [9.17, 15) is 9.59 Å². The lowest BCUT2D eigenvalue weighted by atomic mass is 9.79. The number of amides is 1. The van der Waals surface area contributed by atoms with Gasteiger partial charge in [-0.1, -0.05) is 12.1 Å². The lowest BCUT2D eigenvalue weighted by Gasteiger charge is -2.39. The van der Waals surface area contributed by atoms with Gasteiger partial charge < -0.3 is 14.2 Å². The second-order valence-corrected chi connectivity index (χ2v) is 7.47. The first-order chi connectivity index (χ1) is 12.1. The van der Waals surface area contributed by atoms with E-state index in [0.29, 0.717) is 5.39 Å². The summed E-state index contributed by atoms with van der Waals surface area (Å²) in [6.07, 6.45) is 3.24. The minimum atomic E-state index is 0.0110. The SMILES string of the molecule is Cc1cc(=O)c2ccccc2n1CC(=O)N1CCCC2(CCOC2)C1. The van der Waals surface area contributed by atoms with Crippen LogP contribution in [0, 0.1) is 12.3 Å². The van der Waals surface area contributed by atoms with Crippen molar-refractivity contribution >= 4 is 16.8 Å². The van der Waals surface area contributed by atoms with E-state index in [1.165, 1.54) is 0 Å². The molecule has 2 aliphatic heterocycles. The average molecular weight is 340 g/mol. The topological polar surface area (TPSA) is 51.5 Å². The lowest BCUT2D eigenvalue weighted by molar-refractivity contribution is -0.135. The van der Waals surface area contributed by atoms with Crippen LogP contribution in [0.1, 0.15) is 25.0 Å². The number of aromatic nitrogens is 1. The molecule has 25 heavy (non-hydrogen) atoms. The molecular weight excluding hydrogens is 316 g/mol. The second-order valence-electron chi connectivity index (χ2n) is 7.47. The molecule has 0 aliphatic carbocycles. The van der Waals surface area contributed by atoms with Crippen LogP contribution in [0.15, 0.2) is 35.1 Å². The molecular formula is C20H24N2O3. The minimum absolute atomic E-state index is 0.0110. The molecule has 2 saturated heterocycles. The zero-order valence-corrected chi connectivity index (χ0v) is 14.7. The number of para-hydroxylation sites is 1. The van der Waals surface area contributed by atoms with Crippen LogP contribution in [0.5, 0.6) is 0 Å². The fourth-order valence-electron chi connectivity index (χ4n) is 4.29. The molecule has 1 aromatic carbocycles. The van der Waals surface area contributed by atoms with Gasteiger partial charge in [0.1, 0.15) is 6.54 Å². The maximum absolute atomic E-state index is 13.0. The Morgan fingerprint density at radius 2 is 2.12 bits per heavy atom. The first kappa shape index (κ1) is 16.3. The molecule has 1 aromatic heterocycles. The fourth-order valence-corrected chi connectivity index (χ4v) is 4.29. The Morgan fingerprint density at radius 1 is 1.28 bits per heavy atom. The van der Waals surface area contributed by atoms with E-state index < -0.39 is 0 Å². The predicted molar refractivity (Wildman–Crippen MR) is 96.6 cm³/mol. The van der Waals surface area contributed by atoms with Crippen molar-refractivity contribution in [3.8, 4) is 0 Å². The van der Waals surface area contributed by atoms with E-state index in [0.717, 1.165) is 56.8 Å². The number of fused-ring (bicyclic) bond motifs is 1. The summed E-state index contributed by atoms with van der Waals surface area (Å²) in [5.41, 5.74) is 1.83. The molecule has 0 saturated carbocycles. The molecule has 0 N–H and O–H groups in total. The molecule has 2 aliphatic rings. The van der Waals surface area contributed by atoms with Crippen LogP contribution in [0.25, 0.3) is 10.9 Å². The van der Waals surface area contributed by atoms with Crippen molar-refractivity contribution < 1.29 is 9.53 Å². The molecule has 5 heteroatoms. The number of rotatable bonds is 2. The molecule has 1 unspecified atom stereocenters. The zero-order valence-electron chi connectivity index (χ0n) is 14.7. The molecule has 1 atom stereocenters. The first-order valence-corrected chi connectivity index (χ1v) is 9.03. The van der Waals surface area contributed by atoms with Crippen LogP contribution < -0.4 is 5.43 Å². The number of aryl methyl sites for hydroxylation is 1. The number of carbonyl (C=O) groups excluding carboxylic acids is 1. The van der Waals surface area contributed by atoms with Crippen molar-refractivity contribution in [2.24, 2.45) is 5.41 Å². The van der Waals surface area contributed by atoms with E-state index in [-0.39, 0.29) is 23.3 Å². The van der Waals surface area contributed by atoms with Gasteiger partial charge in [0.15, 0.2) is 5.43 Å². The van der Waals surface area contributed by atoms with Gasteiger partial charge in [-0.3, -0.25) is 9.59 Å². The van der Waals surface area contributed by atoms with Gasteiger partial charge in [-0.15, -0.1) is 0 Å². The van der Waals surface area contributed by atoms with Crippen LogP contribution in [0.3, 0.4) is 0 Å². The van der Waals surface area contributed by atoms with E-state index >= 15 is 0 Å². The molecule has 2 fully saturated rings. The number of benzene rings is 1. The largest absolute Gasteiger partial charge is 0.381 e. The number of hydrogen-bond acceptors (Lipinski definition) is 3. The lowest BCUT2D eigenvalue weighted by Crippen LogP contribution is -2.47. The normalized spacial score (nSPS) is 23.5. The van der Waals surface area contributed by atoms with Crippen LogP contribution in [-0.2, 0) is 16.1 Å². The first-order valence-electron chi connectivity index (χ1n) is 9.03. The Bertz CT molecular complexity index is 865. The van der Waals surface area contributed by atoms with Crippen LogP contribution >= 0.6 is 0 Å². The van der Waals surface area contributed by atoms with Gasteiger partial charge in [0, 0.05) is 42.3 Å². The number of likely N-dealkylation sites (tertiary alicyclic amines) is 1. The molecule has 5 nitrogen and oxygen atoms in total. The van der Waals surface area contributed by atoms with Gasteiger partial charge in [0.2, 0.25) is 5.91 Å². The van der Waals surface area contributed by atoms with Gasteiger partial charge in [-0.25, -0.2) is 0 Å². The number of pyridine rings is 1. The van der Waals surface area contributed by atoms with E-state index in [4.69, 9.17) is 4.74 Å². The fraction of sp³-hybridized carbons (Fsp3) is 0.500. The highest BCUT2D eigenvalue weighted by Crippen LogP contribution is 2.37. The summed E-state index contributed by atoms with van der Waals surface area (Å²) in [5.74, 6) is 0.128. The van der Waals surface area contributed by atoms with Gasteiger partial charge in [-0.2, -0.15) is 0 Å². The highest BCUT2D eigenvalue weighted by molar-refractivity contribution is 5.82. The molecule has 2 aromatic rings. The van der Waals surface area contributed by atoms with Crippen molar-refractivity contribution in [2.45, 2.75) is 32.7 Å². The van der Waals surface area contributed by atoms with Crippen LogP contribution in [0.4, 0.5) is 0 Å². The summed E-state index contributed by atoms with van der Waals surface area (Å²) < 4.78 is 7.56. The monoisotopic (exact) mass is 340 g/mol. The Hall–Kier alpha value is -2.14. The second kappa shape index (κ2) is 6.30. The number of carbonyl (C=O) groups is 1. The van der Waals surface area contributed by atoms with Gasteiger partial charge in [-0.05, 0) is 38.3 Å². The molecule has 4 rings (SSSR count). The van der Waals surface area contributed by atoms with E-state index in [2.05, 4.69) is 0 Å². The third-order valence-electron chi connectivity index (χ3n) is 5.72. The summed E-state index contributed by atoms with van der Waals surface area (Å²) in [6, 6.07) is 9.13. The number of ether oxygens (including phenoxy) is 1. The average Bonchev–Trinajstić information content (AvgIpc) is 3.06. The Balaban J connectivity index is 1.61. The van der Waals surface area contributed by atoms with Crippen molar-refractivity contribution in [3.05, 3.63) is 46.2 Å². The third-order valence-corrected chi connectivity index (χ3v) is 5.72. The summed E-state index contributed by atoms with van der Waals surface area (Å²) in [6.45, 7) is 5.37. The third kappa shape index (κ3) is 2.97. The van der Waals surface area contributed by atoms with Gasteiger partial charge in [0.25, 0.3) is 0 Å². The Morgan fingerprint density at radius 3 is 2.92 bits per heavy atom. The quantitative estimate of drug-likeness (QED) is 0.843. The van der Waals surface area contributed by atoms with E-state index in [1.807, 2.05) is 40.7 Å². The summed E-state index contributed by atoms with van der Waals surface area (Å²) >= 11 is 0. The smallest absolute Gasteiger partial charge is 0.242 e. The maximum Gasteiger partial charge on any atom is 0.242 e. The molecule has 132 valence electrons. The summed E-state index contributed by atoms with van der Waals surface area (Å²) in [7, 11) is 0. The van der Waals surface area contributed by atoms with Crippen LogP contribution in [-0.4, -0.2) is 41.7 Å². The summed E-state index contributed by atoms with van der Waals surface area (Å²) in [4.78, 5) is 27.2. The molecule has 1 spiro atoms. The zero-order chi connectivity index (χ0) is 17.4. The maximum atomic E-state index is 13.0. The predicted octanol–water partition coefficient (Wildman–Crippen LogP) is 2.34. The minimum Gasteiger partial charge on any atom is -0.381 e. The van der Waals surface area contributed by atoms with Crippen molar-refractivity contribution in [2.75, 3.05) is 26.3 Å². The Kier molecular flexibility index (Phi) is 4.12. The summed E-state index contributed by atoms with van der Waals surface area (Å²) in [5, 5.41) is 0.667. The standard InChI is InChI=1S/C20H24N2O3/c1-15-11-18(23)16-5-2-3-6-17(16)22(15)12-19(24)21-9-4-7-20(13-21)8-10-25-14-20/h2-3,5-6,11H,4,7-10,12-14H2,1H3. The van der Waals surface area contributed by atoms with Crippen molar-refractivity contribution in [3.63, 3.8) is 0 Å². The number of hydrogen-bond donors (Lipinski definition) is 0. The molecule has 3 heterocycles. The highest BCUT2D eigenvalue weighted by Gasteiger charge is 2.40. The molecule has 1 amide bonds. The molecule has 0 radical (unpaired) electrons. The molecule has 0 bridgehead atoms.